The number of esters is 1. The second-order valence-corrected chi connectivity index (χ2v) is 7.35. The van der Waals surface area contributed by atoms with Crippen LogP contribution >= 0.6 is 0 Å². The second-order valence-electron chi connectivity index (χ2n) is 7.35. The molecule has 136 valence electrons. The number of nitrogens with one attached hydrogen (secondary N) is 1. The molecule has 4 rings (SSSR count). The molecule has 2 saturated heterocycles. The predicted octanol–water partition coefficient (Wildman–Crippen LogP) is 0.159. The molecule has 0 aromatic carbocycles. The van der Waals surface area contributed by atoms with E-state index in [4.69, 9.17) is 4.74 Å². The van der Waals surface area contributed by atoms with Crippen LogP contribution in [0, 0.1) is 23.7 Å². The third kappa shape index (κ3) is 3.27. The van der Waals surface area contributed by atoms with Crippen molar-refractivity contribution in [2.45, 2.75) is 26.3 Å². The summed E-state index contributed by atoms with van der Waals surface area (Å²) in [7, 11) is 0. The molecule has 1 aromatic rings. The van der Waals surface area contributed by atoms with Gasteiger partial charge in [0.15, 0.2) is 5.69 Å². The number of piperidine rings is 2. The van der Waals surface area contributed by atoms with Gasteiger partial charge in [-0.2, -0.15) is 0 Å². The fourth-order valence-corrected chi connectivity index (χ4v) is 4.27. The monoisotopic (exact) mass is 347 g/mol. The van der Waals surface area contributed by atoms with Crippen molar-refractivity contribution in [3.63, 3.8) is 0 Å². The second kappa shape index (κ2) is 6.74. The maximum absolute atomic E-state index is 12.6. The molecule has 1 aliphatic carbocycles. The van der Waals surface area contributed by atoms with E-state index in [2.05, 4.69) is 15.6 Å². The maximum Gasteiger partial charge on any atom is 0.309 e. The molecule has 1 aromatic heterocycles. The molecule has 3 fully saturated rings. The van der Waals surface area contributed by atoms with Crippen molar-refractivity contribution in [3.8, 4) is 0 Å². The van der Waals surface area contributed by atoms with Gasteiger partial charge in [0, 0.05) is 19.6 Å². The fourth-order valence-electron chi connectivity index (χ4n) is 4.27. The van der Waals surface area contributed by atoms with Gasteiger partial charge in [0.05, 0.1) is 18.7 Å². The van der Waals surface area contributed by atoms with E-state index in [9.17, 15) is 9.59 Å². The Labute approximate surface area is 146 Å². The lowest BCUT2D eigenvalue weighted by molar-refractivity contribution is -0.145. The first-order valence-electron chi connectivity index (χ1n) is 9.24. The van der Waals surface area contributed by atoms with Gasteiger partial charge in [-0.1, -0.05) is 5.21 Å². The van der Waals surface area contributed by atoms with E-state index in [0.717, 1.165) is 19.6 Å². The first-order valence-corrected chi connectivity index (χ1v) is 9.24. The first-order chi connectivity index (χ1) is 12.2. The highest BCUT2D eigenvalue weighted by molar-refractivity contribution is 5.92. The molecule has 3 heterocycles. The summed E-state index contributed by atoms with van der Waals surface area (Å²) in [5, 5.41) is 11.6. The molecule has 3 aliphatic rings. The van der Waals surface area contributed by atoms with E-state index >= 15 is 0 Å². The van der Waals surface area contributed by atoms with Crippen LogP contribution in [0.5, 0.6) is 0 Å². The quantitative estimate of drug-likeness (QED) is 0.763. The average molecular weight is 347 g/mol. The third-order valence-corrected chi connectivity index (χ3v) is 5.64. The highest BCUT2D eigenvalue weighted by Crippen LogP contribution is 2.52. The summed E-state index contributed by atoms with van der Waals surface area (Å²) in [6, 6.07) is 0. The number of likely N-dealkylation sites (tertiary alicyclic amines) is 1. The van der Waals surface area contributed by atoms with E-state index in [1.54, 1.807) is 15.8 Å². The predicted molar refractivity (Wildman–Crippen MR) is 88.6 cm³/mol. The zero-order valence-electron chi connectivity index (χ0n) is 14.6. The number of carbonyl (C=O) groups is 2. The normalized spacial score (nSPS) is 30.8. The van der Waals surface area contributed by atoms with Gasteiger partial charge in [-0.3, -0.25) is 14.3 Å². The highest BCUT2D eigenvalue weighted by atomic mass is 16.5. The zero-order chi connectivity index (χ0) is 17.4. The summed E-state index contributed by atoms with van der Waals surface area (Å²) >= 11 is 0. The summed E-state index contributed by atoms with van der Waals surface area (Å²) in [6.07, 6.45) is 4.12. The molecular weight excluding hydrogens is 322 g/mol. The van der Waals surface area contributed by atoms with E-state index in [1.807, 2.05) is 6.92 Å². The Morgan fingerprint density at radius 1 is 1.36 bits per heavy atom. The molecule has 25 heavy (non-hydrogen) atoms. The van der Waals surface area contributed by atoms with Crippen molar-refractivity contribution in [1.82, 2.24) is 25.2 Å². The topological polar surface area (TPSA) is 89.4 Å². The van der Waals surface area contributed by atoms with Gasteiger partial charge in [-0.15, -0.1) is 5.10 Å². The van der Waals surface area contributed by atoms with Crippen LogP contribution in [0.2, 0.25) is 0 Å². The van der Waals surface area contributed by atoms with Crippen molar-refractivity contribution in [1.29, 1.82) is 0 Å². The molecule has 2 unspecified atom stereocenters. The van der Waals surface area contributed by atoms with Crippen molar-refractivity contribution in [3.05, 3.63) is 11.9 Å². The van der Waals surface area contributed by atoms with Crippen LogP contribution in [-0.2, 0) is 16.1 Å². The Morgan fingerprint density at radius 2 is 2.16 bits per heavy atom. The van der Waals surface area contributed by atoms with Crippen LogP contribution in [-0.4, -0.2) is 64.6 Å². The van der Waals surface area contributed by atoms with Crippen molar-refractivity contribution < 1.29 is 14.3 Å². The lowest BCUT2D eigenvalue weighted by Crippen LogP contribution is -2.33. The Hall–Kier alpha value is -1.96. The summed E-state index contributed by atoms with van der Waals surface area (Å²) < 4.78 is 6.87. The Morgan fingerprint density at radius 3 is 2.84 bits per heavy atom. The number of amides is 1. The van der Waals surface area contributed by atoms with Crippen LogP contribution < -0.4 is 5.32 Å². The number of carbonyl (C=O) groups excluding carboxylic acids is 2. The molecule has 1 saturated carbocycles. The van der Waals surface area contributed by atoms with E-state index in [1.165, 1.54) is 12.8 Å². The maximum atomic E-state index is 12.6. The molecule has 0 radical (unpaired) electrons. The summed E-state index contributed by atoms with van der Waals surface area (Å²) in [5.41, 5.74) is 0.401. The fraction of sp³-hybridized carbons (Fsp3) is 0.765. The SMILES string of the molecule is CCOC(=O)C1[C@H]2CN(C(=O)c3cn(CC4CCCNC4)nn3)C[C@@H]12. The lowest BCUT2D eigenvalue weighted by Gasteiger charge is -2.22. The van der Waals surface area contributed by atoms with Gasteiger partial charge in [0.2, 0.25) is 0 Å². The Bertz CT molecular complexity index is 642. The first kappa shape index (κ1) is 16.5. The minimum atomic E-state index is -0.114. The van der Waals surface area contributed by atoms with Crippen molar-refractivity contribution in [2.75, 3.05) is 32.8 Å². The van der Waals surface area contributed by atoms with Gasteiger partial charge >= 0.3 is 5.97 Å². The number of aromatic nitrogens is 3. The van der Waals surface area contributed by atoms with Crippen LogP contribution in [0.1, 0.15) is 30.3 Å². The van der Waals surface area contributed by atoms with Gasteiger partial charge in [0.1, 0.15) is 0 Å². The Kier molecular flexibility index (Phi) is 4.45. The average Bonchev–Trinajstić information content (AvgIpc) is 2.97. The Balaban J connectivity index is 1.30. The van der Waals surface area contributed by atoms with E-state index < -0.39 is 0 Å². The van der Waals surface area contributed by atoms with Crippen LogP contribution in [0.3, 0.4) is 0 Å². The summed E-state index contributed by atoms with van der Waals surface area (Å²) in [6.45, 7) is 6.34. The number of fused-ring (bicyclic) bond motifs is 1. The van der Waals surface area contributed by atoms with Gasteiger partial charge < -0.3 is 15.0 Å². The molecule has 1 amide bonds. The standard InChI is InChI=1S/C17H25N5O3/c1-2-25-17(24)15-12-8-21(9-13(12)15)16(23)14-10-22(20-19-14)7-11-4-3-5-18-6-11/h10-13,15,18H,2-9H2,1H3/t11?,12-,13+,15?. The molecule has 8 heteroatoms. The van der Waals surface area contributed by atoms with Gasteiger partial charge in [-0.25, -0.2) is 0 Å². The van der Waals surface area contributed by atoms with E-state index in [0.29, 0.717) is 31.3 Å². The van der Waals surface area contributed by atoms with Crippen LogP contribution in [0.15, 0.2) is 6.20 Å². The molecule has 0 spiro atoms. The largest absolute Gasteiger partial charge is 0.466 e. The highest BCUT2D eigenvalue weighted by Gasteiger charge is 2.61. The summed E-state index contributed by atoms with van der Waals surface area (Å²) in [4.78, 5) is 26.2. The number of hydrogen-bond acceptors (Lipinski definition) is 6. The molecular formula is C17H25N5O3. The number of hydrogen-bond donors (Lipinski definition) is 1. The lowest BCUT2D eigenvalue weighted by atomic mass is 10.00. The zero-order valence-corrected chi connectivity index (χ0v) is 14.6. The van der Waals surface area contributed by atoms with Crippen LogP contribution in [0.25, 0.3) is 0 Å². The van der Waals surface area contributed by atoms with Gasteiger partial charge in [-0.05, 0) is 50.6 Å². The molecule has 4 atom stereocenters. The van der Waals surface area contributed by atoms with Crippen molar-refractivity contribution in [2.24, 2.45) is 23.7 Å². The number of rotatable bonds is 5. The minimum absolute atomic E-state index is 0.0153. The molecule has 1 N–H and O–H groups in total. The molecule has 2 aliphatic heterocycles. The summed E-state index contributed by atoms with van der Waals surface area (Å²) in [5.74, 6) is 0.846. The third-order valence-electron chi connectivity index (χ3n) is 5.64. The number of nitrogens with zero attached hydrogens (tertiary/aromatic N) is 4. The van der Waals surface area contributed by atoms with Gasteiger partial charge in [0.25, 0.3) is 5.91 Å². The smallest absolute Gasteiger partial charge is 0.309 e. The molecule has 8 nitrogen and oxygen atoms in total. The minimum Gasteiger partial charge on any atom is -0.466 e. The van der Waals surface area contributed by atoms with Crippen LogP contribution in [0.4, 0.5) is 0 Å². The molecule has 0 bridgehead atoms. The van der Waals surface area contributed by atoms with Crippen molar-refractivity contribution >= 4 is 11.9 Å². The van der Waals surface area contributed by atoms with E-state index in [-0.39, 0.29) is 29.6 Å². The number of ether oxygens (including phenoxy) is 1.